The van der Waals surface area contributed by atoms with Crippen LogP contribution in [0.2, 0.25) is 0 Å². The van der Waals surface area contributed by atoms with Gasteiger partial charge in [0.15, 0.2) is 0 Å². The van der Waals surface area contributed by atoms with Crippen molar-refractivity contribution in [3.8, 4) is 5.88 Å². The molecule has 2 rings (SSSR count). The Morgan fingerprint density at radius 3 is 2.81 bits per heavy atom. The van der Waals surface area contributed by atoms with Gasteiger partial charge in [0.2, 0.25) is 5.88 Å². The number of nitrogens with one attached hydrogen (secondary N) is 1. The molecule has 1 aliphatic heterocycles. The third-order valence-electron chi connectivity index (χ3n) is 4.43. The molecule has 0 aliphatic carbocycles. The van der Waals surface area contributed by atoms with E-state index in [4.69, 9.17) is 4.74 Å². The summed E-state index contributed by atoms with van der Waals surface area (Å²) in [5.74, 6) is 1.52. The lowest BCUT2D eigenvalue weighted by Gasteiger charge is -2.35. The van der Waals surface area contributed by atoms with Gasteiger partial charge < -0.3 is 10.1 Å². The number of ether oxygens (including phenoxy) is 1. The van der Waals surface area contributed by atoms with Gasteiger partial charge in [0.1, 0.15) is 0 Å². The van der Waals surface area contributed by atoms with Crippen molar-refractivity contribution in [1.29, 1.82) is 0 Å². The van der Waals surface area contributed by atoms with Crippen molar-refractivity contribution in [2.75, 3.05) is 26.7 Å². The molecule has 1 aromatic heterocycles. The lowest BCUT2D eigenvalue weighted by atomic mass is 9.90. The Kier molecular flexibility index (Phi) is 6.46. The predicted octanol–water partition coefficient (Wildman–Crippen LogP) is 2.69. The Labute approximate surface area is 128 Å². The monoisotopic (exact) mass is 291 g/mol. The summed E-state index contributed by atoms with van der Waals surface area (Å²) in [4.78, 5) is 7.01. The van der Waals surface area contributed by atoms with Crippen molar-refractivity contribution >= 4 is 0 Å². The van der Waals surface area contributed by atoms with Crippen LogP contribution < -0.4 is 10.1 Å². The number of piperidine rings is 1. The van der Waals surface area contributed by atoms with Crippen molar-refractivity contribution in [2.24, 2.45) is 5.92 Å². The molecule has 0 bridgehead atoms. The van der Waals surface area contributed by atoms with Gasteiger partial charge in [-0.3, -0.25) is 4.90 Å². The Balaban J connectivity index is 1.78. The fourth-order valence-electron chi connectivity index (χ4n) is 3.04. The molecule has 0 spiro atoms. The minimum Gasteiger partial charge on any atom is -0.481 e. The normalized spacial score (nSPS) is 18.6. The van der Waals surface area contributed by atoms with E-state index in [-0.39, 0.29) is 0 Å². The third kappa shape index (κ3) is 4.97. The van der Waals surface area contributed by atoms with Gasteiger partial charge in [-0.1, -0.05) is 13.0 Å². The maximum absolute atomic E-state index is 5.19. The van der Waals surface area contributed by atoms with Gasteiger partial charge >= 0.3 is 0 Å². The second-order valence-corrected chi connectivity index (χ2v) is 6.03. The second-order valence-electron chi connectivity index (χ2n) is 6.03. The molecule has 0 radical (unpaired) electrons. The molecule has 1 aliphatic rings. The van der Waals surface area contributed by atoms with E-state index < -0.39 is 0 Å². The summed E-state index contributed by atoms with van der Waals surface area (Å²) in [7, 11) is 1.67. The first kappa shape index (κ1) is 16.2. The molecule has 1 fully saturated rings. The maximum Gasteiger partial charge on any atom is 0.213 e. The molecule has 1 aromatic rings. The van der Waals surface area contributed by atoms with Crippen LogP contribution in [0.15, 0.2) is 18.2 Å². The van der Waals surface area contributed by atoms with E-state index in [9.17, 15) is 0 Å². The van der Waals surface area contributed by atoms with E-state index >= 15 is 0 Å². The van der Waals surface area contributed by atoms with Crippen molar-refractivity contribution in [3.05, 3.63) is 23.9 Å². The molecule has 1 unspecified atom stereocenters. The standard InChI is InChI=1S/C17H29N3O/c1-4-10-18-14(2)15-8-11-20(12-9-15)13-16-6-5-7-17(19-16)21-3/h5-7,14-15,18H,4,8-13H2,1-3H3. The molecule has 1 saturated heterocycles. The second kappa shape index (κ2) is 8.35. The highest BCUT2D eigenvalue weighted by atomic mass is 16.5. The summed E-state index contributed by atoms with van der Waals surface area (Å²) >= 11 is 0. The minimum absolute atomic E-state index is 0.641. The topological polar surface area (TPSA) is 37.4 Å². The SMILES string of the molecule is CCCNC(C)C1CCN(Cc2cccc(OC)n2)CC1. The van der Waals surface area contributed by atoms with Gasteiger partial charge in [-0.05, 0) is 57.8 Å². The molecule has 21 heavy (non-hydrogen) atoms. The average Bonchev–Trinajstić information content (AvgIpc) is 2.53. The zero-order chi connectivity index (χ0) is 15.1. The summed E-state index contributed by atoms with van der Waals surface area (Å²) in [5, 5.41) is 3.63. The molecule has 2 heterocycles. The molecular weight excluding hydrogens is 262 g/mol. The molecular formula is C17H29N3O. The van der Waals surface area contributed by atoms with Crippen molar-refractivity contribution in [2.45, 2.75) is 45.7 Å². The largest absolute Gasteiger partial charge is 0.481 e. The number of pyridine rings is 1. The number of rotatable bonds is 7. The zero-order valence-electron chi connectivity index (χ0n) is 13.6. The van der Waals surface area contributed by atoms with Crippen molar-refractivity contribution in [1.82, 2.24) is 15.2 Å². The fraction of sp³-hybridized carbons (Fsp3) is 0.706. The van der Waals surface area contributed by atoms with Gasteiger partial charge in [-0.25, -0.2) is 4.98 Å². The molecule has 4 nitrogen and oxygen atoms in total. The van der Waals surface area contributed by atoms with E-state index in [0.29, 0.717) is 11.9 Å². The molecule has 4 heteroatoms. The maximum atomic E-state index is 5.19. The number of hydrogen-bond acceptors (Lipinski definition) is 4. The van der Waals surface area contributed by atoms with Crippen LogP contribution in [0.1, 0.15) is 38.8 Å². The van der Waals surface area contributed by atoms with Crippen LogP contribution in [-0.4, -0.2) is 42.7 Å². The first-order chi connectivity index (χ1) is 10.2. The van der Waals surface area contributed by atoms with Gasteiger partial charge in [-0.2, -0.15) is 0 Å². The Morgan fingerprint density at radius 2 is 2.14 bits per heavy atom. The van der Waals surface area contributed by atoms with Crippen LogP contribution in [0.25, 0.3) is 0 Å². The zero-order valence-corrected chi connectivity index (χ0v) is 13.6. The fourth-order valence-corrected chi connectivity index (χ4v) is 3.04. The smallest absolute Gasteiger partial charge is 0.213 e. The summed E-state index contributed by atoms with van der Waals surface area (Å²) in [6.45, 7) is 8.96. The average molecular weight is 291 g/mol. The Bertz CT molecular complexity index is 416. The van der Waals surface area contributed by atoms with Crippen LogP contribution in [0, 0.1) is 5.92 Å². The van der Waals surface area contributed by atoms with Gasteiger partial charge in [0, 0.05) is 18.7 Å². The van der Waals surface area contributed by atoms with Gasteiger partial charge in [0.05, 0.1) is 12.8 Å². The molecule has 1 N–H and O–H groups in total. The predicted molar refractivity (Wildman–Crippen MR) is 86.5 cm³/mol. The molecule has 0 saturated carbocycles. The quantitative estimate of drug-likeness (QED) is 0.838. The number of aromatic nitrogens is 1. The lowest BCUT2D eigenvalue weighted by Crippen LogP contribution is -2.42. The summed E-state index contributed by atoms with van der Waals surface area (Å²) in [6, 6.07) is 6.64. The summed E-state index contributed by atoms with van der Waals surface area (Å²) < 4.78 is 5.19. The summed E-state index contributed by atoms with van der Waals surface area (Å²) in [6.07, 6.45) is 3.77. The van der Waals surface area contributed by atoms with Crippen molar-refractivity contribution < 1.29 is 4.74 Å². The van der Waals surface area contributed by atoms with Crippen molar-refractivity contribution in [3.63, 3.8) is 0 Å². The van der Waals surface area contributed by atoms with E-state index in [1.807, 2.05) is 12.1 Å². The van der Waals surface area contributed by atoms with Crippen LogP contribution in [0.4, 0.5) is 0 Å². The first-order valence-electron chi connectivity index (χ1n) is 8.18. The molecule has 118 valence electrons. The van der Waals surface area contributed by atoms with Crippen LogP contribution in [0.3, 0.4) is 0 Å². The highest BCUT2D eigenvalue weighted by molar-refractivity contribution is 5.15. The molecule has 0 amide bonds. The highest BCUT2D eigenvalue weighted by Crippen LogP contribution is 2.22. The number of hydrogen-bond donors (Lipinski definition) is 1. The number of nitrogens with zero attached hydrogens (tertiary/aromatic N) is 2. The third-order valence-corrected chi connectivity index (χ3v) is 4.43. The number of methoxy groups -OCH3 is 1. The summed E-state index contributed by atoms with van der Waals surface area (Å²) in [5.41, 5.74) is 1.10. The minimum atomic E-state index is 0.641. The Morgan fingerprint density at radius 1 is 1.38 bits per heavy atom. The Hall–Kier alpha value is -1.13. The van der Waals surface area contributed by atoms with E-state index in [1.54, 1.807) is 7.11 Å². The van der Waals surface area contributed by atoms with E-state index in [0.717, 1.165) is 24.7 Å². The van der Waals surface area contributed by atoms with Crippen LogP contribution in [0.5, 0.6) is 5.88 Å². The van der Waals surface area contributed by atoms with Gasteiger partial charge in [-0.15, -0.1) is 0 Å². The van der Waals surface area contributed by atoms with Crippen LogP contribution in [-0.2, 0) is 6.54 Å². The lowest BCUT2D eigenvalue weighted by molar-refractivity contribution is 0.155. The van der Waals surface area contributed by atoms with Crippen LogP contribution >= 0.6 is 0 Å². The number of likely N-dealkylation sites (tertiary alicyclic amines) is 1. The van der Waals surface area contributed by atoms with E-state index in [1.165, 1.54) is 32.4 Å². The highest BCUT2D eigenvalue weighted by Gasteiger charge is 2.23. The molecule has 1 atom stereocenters. The van der Waals surface area contributed by atoms with Gasteiger partial charge in [0.25, 0.3) is 0 Å². The van der Waals surface area contributed by atoms with E-state index in [2.05, 4.69) is 35.1 Å². The molecule has 0 aromatic carbocycles. The first-order valence-corrected chi connectivity index (χ1v) is 8.18.